The lowest BCUT2D eigenvalue weighted by molar-refractivity contribution is -0.140. The van der Waals surface area contributed by atoms with E-state index in [9.17, 15) is 18.0 Å². The number of hydrogen-bond donors (Lipinski definition) is 1. The summed E-state index contributed by atoms with van der Waals surface area (Å²) in [7, 11) is -4.20. The highest BCUT2D eigenvalue weighted by Gasteiger charge is 2.34. The number of hydrogen-bond acceptors (Lipinski definition) is 6. The van der Waals surface area contributed by atoms with Crippen LogP contribution in [0.2, 0.25) is 0 Å². The Labute approximate surface area is 254 Å². The molecule has 3 rings (SSSR count). The predicted octanol–water partition coefficient (Wildman–Crippen LogP) is 5.64. The number of nitrogens with zero attached hydrogens (tertiary/aromatic N) is 2. The number of aryl methyl sites for hydroxylation is 1. The van der Waals surface area contributed by atoms with Crippen molar-refractivity contribution in [2.75, 3.05) is 30.3 Å². The first-order valence-electron chi connectivity index (χ1n) is 14.2. The van der Waals surface area contributed by atoms with Crippen LogP contribution in [-0.4, -0.2) is 57.1 Å². The molecule has 0 spiro atoms. The van der Waals surface area contributed by atoms with E-state index in [2.05, 4.69) is 5.32 Å². The summed E-state index contributed by atoms with van der Waals surface area (Å²) < 4.78 is 35.2. The fourth-order valence-corrected chi connectivity index (χ4v) is 6.34. The average molecular weight is 612 g/mol. The van der Waals surface area contributed by atoms with Crippen LogP contribution in [0.15, 0.2) is 82.6 Å². The number of thioether (sulfide) groups is 1. The van der Waals surface area contributed by atoms with Crippen molar-refractivity contribution < 1.29 is 22.7 Å². The molecule has 3 aromatic carbocycles. The Morgan fingerprint density at radius 2 is 1.62 bits per heavy atom. The fourth-order valence-electron chi connectivity index (χ4n) is 4.50. The van der Waals surface area contributed by atoms with Gasteiger partial charge in [0, 0.05) is 18.0 Å². The number of carbonyl (C=O) groups excluding carboxylic acids is 2. The van der Waals surface area contributed by atoms with Crippen LogP contribution in [0.5, 0.6) is 5.75 Å². The summed E-state index contributed by atoms with van der Waals surface area (Å²) in [5.41, 5.74) is 2.16. The first kappa shape index (κ1) is 33.0. The number of benzene rings is 3. The maximum absolute atomic E-state index is 14.2. The van der Waals surface area contributed by atoms with Crippen molar-refractivity contribution in [2.45, 2.75) is 62.9 Å². The molecule has 0 aliphatic rings. The Kier molecular flexibility index (Phi) is 12.3. The molecule has 8 nitrogen and oxygen atoms in total. The minimum absolute atomic E-state index is 0.0530. The van der Waals surface area contributed by atoms with Gasteiger partial charge in [-0.2, -0.15) is 0 Å². The van der Waals surface area contributed by atoms with Gasteiger partial charge in [-0.1, -0.05) is 55.8 Å². The van der Waals surface area contributed by atoms with Crippen LogP contribution in [0.3, 0.4) is 0 Å². The number of rotatable bonds is 15. The molecule has 226 valence electrons. The first-order valence-corrected chi connectivity index (χ1v) is 16.8. The summed E-state index contributed by atoms with van der Waals surface area (Å²) in [5.74, 6) is -0.420. The van der Waals surface area contributed by atoms with E-state index in [-0.39, 0.29) is 23.0 Å². The van der Waals surface area contributed by atoms with Gasteiger partial charge in [-0.05, 0) is 74.9 Å². The quantitative estimate of drug-likeness (QED) is 0.223. The Hall–Kier alpha value is -3.50. The van der Waals surface area contributed by atoms with E-state index in [1.807, 2.05) is 58.2 Å². The molecule has 0 aromatic heterocycles. The Bertz CT molecular complexity index is 1430. The molecule has 0 bridgehead atoms. The summed E-state index contributed by atoms with van der Waals surface area (Å²) in [6.45, 7) is 8.03. The summed E-state index contributed by atoms with van der Waals surface area (Å²) in [4.78, 5) is 29.9. The highest BCUT2D eigenvalue weighted by molar-refractivity contribution is 7.98. The zero-order valence-corrected chi connectivity index (χ0v) is 26.6. The number of nitrogens with one attached hydrogen (secondary N) is 1. The molecule has 3 aromatic rings. The third kappa shape index (κ3) is 8.29. The smallest absolute Gasteiger partial charge is 0.264 e. The average Bonchev–Trinajstić information content (AvgIpc) is 3.00. The van der Waals surface area contributed by atoms with Crippen LogP contribution >= 0.6 is 11.8 Å². The van der Waals surface area contributed by atoms with Gasteiger partial charge in [-0.15, -0.1) is 11.8 Å². The lowest BCUT2D eigenvalue weighted by Crippen LogP contribution is -2.52. The number of amides is 2. The molecule has 10 heteroatoms. The van der Waals surface area contributed by atoms with Crippen molar-refractivity contribution in [2.24, 2.45) is 0 Å². The second kappa shape index (κ2) is 15.7. The topological polar surface area (TPSA) is 96.0 Å². The van der Waals surface area contributed by atoms with Crippen molar-refractivity contribution in [3.05, 3.63) is 83.9 Å². The number of sulfonamides is 1. The molecule has 0 aliphatic heterocycles. The number of para-hydroxylation sites is 2. The molecule has 0 saturated heterocycles. The normalized spacial score (nSPS) is 11.9. The molecule has 1 atom stereocenters. The second-order valence-corrected chi connectivity index (χ2v) is 12.6. The van der Waals surface area contributed by atoms with E-state index < -0.39 is 28.5 Å². The first-order chi connectivity index (χ1) is 20.2. The third-order valence-corrected chi connectivity index (χ3v) is 9.29. The van der Waals surface area contributed by atoms with Crippen LogP contribution in [0.1, 0.15) is 44.7 Å². The summed E-state index contributed by atoms with van der Waals surface area (Å²) in [5, 5.41) is 2.90. The maximum atomic E-state index is 14.2. The lowest BCUT2D eigenvalue weighted by atomic mass is 10.1. The molecule has 0 aliphatic carbocycles. The van der Waals surface area contributed by atoms with Gasteiger partial charge >= 0.3 is 0 Å². The van der Waals surface area contributed by atoms with E-state index in [1.54, 1.807) is 48.5 Å². The van der Waals surface area contributed by atoms with Crippen LogP contribution in [0, 0.1) is 6.92 Å². The number of ether oxygens (including phenoxy) is 1. The van der Waals surface area contributed by atoms with E-state index in [0.29, 0.717) is 25.3 Å². The minimum Gasteiger partial charge on any atom is -0.492 e. The van der Waals surface area contributed by atoms with Crippen LogP contribution < -0.4 is 14.4 Å². The Balaban J connectivity index is 2.10. The fraction of sp³-hybridized carbons (Fsp3) is 0.375. The molecule has 2 amide bonds. The molecular weight excluding hydrogens is 571 g/mol. The van der Waals surface area contributed by atoms with E-state index in [1.165, 1.54) is 16.7 Å². The van der Waals surface area contributed by atoms with Gasteiger partial charge in [0.1, 0.15) is 18.3 Å². The molecule has 0 radical (unpaired) electrons. The van der Waals surface area contributed by atoms with Crippen LogP contribution in [0.4, 0.5) is 5.69 Å². The van der Waals surface area contributed by atoms with Gasteiger partial charge < -0.3 is 15.0 Å². The van der Waals surface area contributed by atoms with Crippen LogP contribution in [-0.2, 0) is 26.2 Å². The molecule has 0 heterocycles. The van der Waals surface area contributed by atoms with E-state index >= 15 is 0 Å². The molecule has 1 N–H and O–H groups in total. The second-order valence-electron chi connectivity index (χ2n) is 9.81. The molecule has 42 heavy (non-hydrogen) atoms. The highest BCUT2D eigenvalue weighted by atomic mass is 32.2. The van der Waals surface area contributed by atoms with Gasteiger partial charge in [0.2, 0.25) is 11.8 Å². The number of anilines is 1. The monoisotopic (exact) mass is 611 g/mol. The zero-order valence-electron chi connectivity index (χ0n) is 25.0. The van der Waals surface area contributed by atoms with E-state index in [4.69, 9.17) is 4.74 Å². The van der Waals surface area contributed by atoms with Gasteiger partial charge in [-0.3, -0.25) is 13.9 Å². The molecule has 0 fully saturated rings. The predicted molar refractivity (Wildman–Crippen MR) is 169 cm³/mol. The molecule has 0 unspecified atom stereocenters. The summed E-state index contributed by atoms with van der Waals surface area (Å²) in [6.07, 6.45) is 3.03. The van der Waals surface area contributed by atoms with Crippen molar-refractivity contribution >= 4 is 39.3 Å². The standard InChI is InChI=1S/C32H41N3O5S2/c1-6-21-33-32(37)28(7-2)34(22-25-15-13-24(4)14-16-25)31(36)23-35(29-11-9-10-12-30(29)40-8-3)42(38,39)27-19-17-26(41-5)18-20-27/h9-20,28H,6-8,21-23H2,1-5H3,(H,33,37)/t28-/m0/s1. The lowest BCUT2D eigenvalue weighted by Gasteiger charge is -2.33. The number of carbonyl (C=O) groups is 2. The summed E-state index contributed by atoms with van der Waals surface area (Å²) in [6, 6.07) is 20.3. The SMILES string of the molecule is CCCNC(=O)[C@H](CC)N(Cc1ccc(C)cc1)C(=O)CN(c1ccccc1OCC)S(=O)(=O)c1ccc(SC)cc1. The van der Waals surface area contributed by atoms with Gasteiger partial charge in [-0.25, -0.2) is 8.42 Å². The minimum atomic E-state index is -4.20. The summed E-state index contributed by atoms with van der Waals surface area (Å²) >= 11 is 1.51. The van der Waals surface area contributed by atoms with Gasteiger partial charge in [0.05, 0.1) is 17.2 Å². The molecular formula is C32H41N3O5S2. The third-order valence-electron chi connectivity index (χ3n) is 6.77. The Morgan fingerprint density at radius 3 is 2.21 bits per heavy atom. The van der Waals surface area contributed by atoms with Crippen molar-refractivity contribution in [1.29, 1.82) is 0 Å². The van der Waals surface area contributed by atoms with Crippen molar-refractivity contribution in [3.8, 4) is 5.75 Å². The maximum Gasteiger partial charge on any atom is 0.264 e. The van der Waals surface area contributed by atoms with Crippen molar-refractivity contribution in [3.63, 3.8) is 0 Å². The van der Waals surface area contributed by atoms with Crippen LogP contribution in [0.25, 0.3) is 0 Å². The molecule has 0 saturated carbocycles. The zero-order chi connectivity index (χ0) is 30.7. The van der Waals surface area contributed by atoms with Gasteiger partial charge in [0.25, 0.3) is 10.0 Å². The Morgan fingerprint density at radius 1 is 0.952 bits per heavy atom. The van der Waals surface area contributed by atoms with E-state index in [0.717, 1.165) is 26.7 Å². The highest BCUT2D eigenvalue weighted by Crippen LogP contribution is 2.33. The van der Waals surface area contributed by atoms with Crippen molar-refractivity contribution in [1.82, 2.24) is 10.2 Å². The van der Waals surface area contributed by atoms with Gasteiger partial charge in [0.15, 0.2) is 0 Å². The largest absolute Gasteiger partial charge is 0.492 e.